The second kappa shape index (κ2) is 9.52. The number of carbonyl (C=O) groups is 1. The van der Waals surface area contributed by atoms with Gasteiger partial charge in [0.25, 0.3) is 0 Å². The molecule has 3 nitrogen and oxygen atoms in total. The first kappa shape index (κ1) is 12.4. The van der Waals surface area contributed by atoms with Gasteiger partial charge < -0.3 is 9.84 Å². The van der Waals surface area contributed by atoms with Crippen molar-refractivity contribution in [2.75, 3.05) is 13.2 Å². The molecule has 0 fully saturated rings. The van der Waals surface area contributed by atoms with Gasteiger partial charge in [-0.05, 0) is 19.8 Å². The van der Waals surface area contributed by atoms with E-state index < -0.39 is 0 Å². The van der Waals surface area contributed by atoms with Gasteiger partial charge in [-0.1, -0.05) is 19.3 Å². The Hall–Kier alpha value is -0.570. The van der Waals surface area contributed by atoms with Crippen LogP contribution < -0.4 is 0 Å². The van der Waals surface area contributed by atoms with E-state index in [0.717, 1.165) is 32.1 Å². The molecule has 0 rings (SSSR count). The summed E-state index contributed by atoms with van der Waals surface area (Å²) in [5.41, 5.74) is 0. The first-order valence-electron chi connectivity index (χ1n) is 5.07. The molecule has 3 heteroatoms. The monoisotopic (exact) mass is 188 g/mol. The Morgan fingerprint density at radius 2 is 1.77 bits per heavy atom. The van der Waals surface area contributed by atoms with Crippen molar-refractivity contribution in [2.45, 2.75) is 45.4 Å². The molecule has 0 atom stereocenters. The van der Waals surface area contributed by atoms with Crippen LogP contribution in [0.3, 0.4) is 0 Å². The SMILES string of the molecule is CCOC(=O)CCCCCCCO. The number of rotatable bonds is 8. The lowest BCUT2D eigenvalue weighted by Gasteiger charge is -2.01. The Balaban J connectivity index is 3.02. The highest BCUT2D eigenvalue weighted by molar-refractivity contribution is 5.69. The fourth-order valence-corrected chi connectivity index (χ4v) is 1.14. The van der Waals surface area contributed by atoms with E-state index in [-0.39, 0.29) is 12.6 Å². The van der Waals surface area contributed by atoms with Gasteiger partial charge in [-0.25, -0.2) is 0 Å². The number of hydrogen-bond acceptors (Lipinski definition) is 3. The largest absolute Gasteiger partial charge is 0.466 e. The topological polar surface area (TPSA) is 46.5 Å². The molecule has 13 heavy (non-hydrogen) atoms. The number of hydrogen-bond donors (Lipinski definition) is 1. The van der Waals surface area contributed by atoms with Crippen LogP contribution in [0.4, 0.5) is 0 Å². The van der Waals surface area contributed by atoms with E-state index >= 15 is 0 Å². The van der Waals surface area contributed by atoms with Gasteiger partial charge in [0, 0.05) is 13.0 Å². The third-order valence-electron chi connectivity index (χ3n) is 1.84. The number of unbranched alkanes of at least 4 members (excludes halogenated alkanes) is 4. The Labute approximate surface area is 80.1 Å². The summed E-state index contributed by atoms with van der Waals surface area (Å²) in [6, 6.07) is 0. The maximum Gasteiger partial charge on any atom is 0.305 e. The quantitative estimate of drug-likeness (QED) is 0.467. The summed E-state index contributed by atoms with van der Waals surface area (Å²) in [5, 5.41) is 8.51. The third-order valence-corrected chi connectivity index (χ3v) is 1.84. The van der Waals surface area contributed by atoms with Crippen LogP contribution in [-0.4, -0.2) is 24.3 Å². The van der Waals surface area contributed by atoms with E-state index in [2.05, 4.69) is 0 Å². The molecular weight excluding hydrogens is 168 g/mol. The Bertz CT molecular complexity index is 123. The highest BCUT2D eigenvalue weighted by Gasteiger charge is 1.99. The van der Waals surface area contributed by atoms with E-state index in [9.17, 15) is 4.79 Å². The second-order valence-electron chi connectivity index (χ2n) is 3.05. The summed E-state index contributed by atoms with van der Waals surface area (Å²) in [5.74, 6) is -0.0929. The van der Waals surface area contributed by atoms with Gasteiger partial charge in [-0.3, -0.25) is 4.79 Å². The zero-order valence-electron chi connectivity index (χ0n) is 8.42. The van der Waals surface area contributed by atoms with Crippen LogP contribution in [0, 0.1) is 0 Å². The van der Waals surface area contributed by atoms with Crippen LogP contribution in [0.25, 0.3) is 0 Å². The molecule has 0 spiro atoms. The minimum atomic E-state index is -0.0929. The maximum atomic E-state index is 10.9. The van der Waals surface area contributed by atoms with Gasteiger partial charge in [0.05, 0.1) is 6.61 Å². The number of esters is 1. The highest BCUT2D eigenvalue weighted by Crippen LogP contribution is 2.05. The van der Waals surface area contributed by atoms with Crippen molar-refractivity contribution < 1.29 is 14.6 Å². The Morgan fingerprint density at radius 1 is 1.15 bits per heavy atom. The Morgan fingerprint density at radius 3 is 2.38 bits per heavy atom. The summed E-state index contributed by atoms with van der Waals surface area (Å²) in [6.45, 7) is 2.57. The molecule has 1 N–H and O–H groups in total. The van der Waals surface area contributed by atoms with Crippen molar-refractivity contribution in [3.05, 3.63) is 0 Å². The minimum Gasteiger partial charge on any atom is -0.466 e. The normalized spacial score (nSPS) is 10.0. The molecule has 0 saturated carbocycles. The zero-order chi connectivity index (χ0) is 9.94. The molecule has 0 aromatic carbocycles. The van der Waals surface area contributed by atoms with E-state index in [1.807, 2.05) is 6.92 Å². The van der Waals surface area contributed by atoms with Crippen LogP contribution in [-0.2, 0) is 9.53 Å². The van der Waals surface area contributed by atoms with E-state index in [4.69, 9.17) is 9.84 Å². The molecule has 0 amide bonds. The highest BCUT2D eigenvalue weighted by atomic mass is 16.5. The molecule has 0 heterocycles. The molecule has 0 radical (unpaired) electrons. The molecule has 0 bridgehead atoms. The maximum absolute atomic E-state index is 10.9. The van der Waals surface area contributed by atoms with Gasteiger partial charge >= 0.3 is 5.97 Å². The number of carbonyl (C=O) groups excluding carboxylic acids is 1. The van der Waals surface area contributed by atoms with E-state index in [1.54, 1.807) is 0 Å². The van der Waals surface area contributed by atoms with Crippen molar-refractivity contribution in [3.8, 4) is 0 Å². The van der Waals surface area contributed by atoms with Crippen molar-refractivity contribution in [1.29, 1.82) is 0 Å². The molecule has 0 aromatic rings. The lowest BCUT2D eigenvalue weighted by atomic mass is 10.1. The summed E-state index contributed by atoms with van der Waals surface area (Å²) < 4.78 is 4.79. The van der Waals surface area contributed by atoms with Gasteiger partial charge in [-0.2, -0.15) is 0 Å². The fourth-order valence-electron chi connectivity index (χ4n) is 1.14. The standard InChI is InChI=1S/C10H20O3/c1-2-13-10(12)8-6-4-3-5-7-9-11/h11H,2-9H2,1H3. The smallest absolute Gasteiger partial charge is 0.305 e. The van der Waals surface area contributed by atoms with Crippen LogP contribution in [0.15, 0.2) is 0 Å². The minimum absolute atomic E-state index is 0.0929. The lowest BCUT2D eigenvalue weighted by molar-refractivity contribution is -0.143. The molecule has 0 saturated heterocycles. The van der Waals surface area contributed by atoms with Gasteiger partial charge in [0.1, 0.15) is 0 Å². The van der Waals surface area contributed by atoms with E-state index in [1.165, 1.54) is 0 Å². The fraction of sp³-hybridized carbons (Fsp3) is 0.900. The summed E-state index contributed by atoms with van der Waals surface area (Å²) in [4.78, 5) is 10.9. The number of aliphatic hydroxyl groups is 1. The first-order chi connectivity index (χ1) is 6.31. The number of aliphatic hydroxyl groups excluding tert-OH is 1. The third kappa shape index (κ3) is 9.34. The average molecular weight is 188 g/mol. The molecule has 0 aliphatic rings. The average Bonchev–Trinajstić information content (AvgIpc) is 2.11. The molecule has 78 valence electrons. The van der Waals surface area contributed by atoms with Gasteiger partial charge in [0.15, 0.2) is 0 Å². The van der Waals surface area contributed by atoms with Crippen molar-refractivity contribution in [1.82, 2.24) is 0 Å². The Kier molecular flexibility index (Phi) is 9.10. The van der Waals surface area contributed by atoms with Crippen LogP contribution in [0.5, 0.6) is 0 Å². The van der Waals surface area contributed by atoms with Crippen molar-refractivity contribution in [3.63, 3.8) is 0 Å². The van der Waals surface area contributed by atoms with Crippen molar-refractivity contribution >= 4 is 5.97 Å². The molecule has 0 aliphatic carbocycles. The number of ether oxygens (including phenoxy) is 1. The van der Waals surface area contributed by atoms with Gasteiger partial charge in [-0.15, -0.1) is 0 Å². The van der Waals surface area contributed by atoms with Crippen LogP contribution in [0.2, 0.25) is 0 Å². The summed E-state index contributed by atoms with van der Waals surface area (Å²) in [6.07, 6.45) is 5.52. The predicted octanol–water partition coefficient (Wildman–Crippen LogP) is 1.88. The molecular formula is C10H20O3. The second-order valence-corrected chi connectivity index (χ2v) is 3.05. The van der Waals surface area contributed by atoms with Gasteiger partial charge in [0.2, 0.25) is 0 Å². The molecule has 0 unspecified atom stereocenters. The van der Waals surface area contributed by atoms with Crippen LogP contribution in [0.1, 0.15) is 45.4 Å². The zero-order valence-corrected chi connectivity index (χ0v) is 8.42. The molecule has 0 aromatic heterocycles. The van der Waals surface area contributed by atoms with Crippen molar-refractivity contribution in [2.24, 2.45) is 0 Å². The first-order valence-corrected chi connectivity index (χ1v) is 5.07. The lowest BCUT2D eigenvalue weighted by Crippen LogP contribution is -2.03. The summed E-state index contributed by atoms with van der Waals surface area (Å²) >= 11 is 0. The molecule has 0 aliphatic heterocycles. The summed E-state index contributed by atoms with van der Waals surface area (Å²) in [7, 11) is 0. The van der Waals surface area contributed by atoms with Crippen LogP contribution >= 0.6 is 0 Å². The van der Waals surface area contributed by atoms with E-state index in [0.29, 0.717) is 13.0 Å². The predicted molar refractivity (Wildman–Crippen MR) is 51.4 cm³/mol.